The van der Waals surface area contributed by atoms with Gasteiger partial charge in [0.2, 0.25) is 0 Å². The van der Waals surface area contributed by atoms with Crippen molar-refractivity contribution in [2.24, 2.45) is 0 Å². The zero-order valence-electron chi connectivity index (χ0n) is 9.13. The van der Waals surface area contributed by atoms with Crippen molar-refractivity contribution in [3.63, 3.8) is 0 Å². The highest BCUT2D eigenvalue weighted by atomic mass is 32.1. The van der Waals surface area contributed by atoms with Gasteiger partial charge in [0.1, 0.15) is 0 Å². The summed E-state index contributed by atoms with van der Waals surface area (Å²) in [7, 11) is 1.60. The highest BCUT2D eigenvalue weighted by Crippen LogP contribution is 2.22. The number of hydrogen-bond acceptors (Lipinski definition) is 2. The van der Waals surface area contributed by atoms with E-state index in [1.54, 1.807) is 7.11 Å². The molecule has 1 aromatic rings. The lowest BCUT2D eigenvalue weighted by atomic mass is 9.87. The van der Waals surface area contributed by atoms with Gasteiger partial charge in [0.05, 0.1) is 7.11 Å². The molecule has 0 aliphatic rings. The van der Waals surface area contributed by atoms with Gasteiger partial charge in [0, 0.05) is 5.56 Å². The normalized spacial score (nSPS) is 11.1. The lowest BCUT2D eigenvalue weighted by molar-refractivity contribution is 0.416. The molecule has 1 aromatic carbocycles. The molecule has 0 heterocycles. The number of hydrogen-bond donors (Lipinski definition) is 0. The molecule has 0 spiro atoms. The Balaban J connectivity index is 2.95. The van der Waals surface area contributed by atoms with Gasteiger partial charge in [-0.2, -0.15) is 0 Å². The maximum Gasteiger partial charge on any atom is 0.190 e. The Kier molecular flexibility index (Phi) is 3.27. The second-order valence-electron chi connectivity index (χ2n) is 4.32. The van der Waals surface area contributed by atoms with Crippen molar-refractivity contribution in [1.82, 2.24) is 0 Å². The van der Waals surface area contributed by atoms with Gasteiger partial charge in [0.15, 0.2) is 5.05 Å². The van der Waals surface area contributed by atoms with Crippen LogP contribution >= 0.6 is 12.2 Å². The van der Waals surface area contributed by atoms with Gasteiger partial charge < -0.3 is 4.74 Å². The Morgan fingerprint density at radius 2 is 1.64 bits per heavy atom. The minimum absolute atomic E-state index is 0.188. The summed E-state index contributed by atoms with van der Waals surface area (Å²) in [6.45, 7) is 6.57. The SMILES string of the molecule is COC(=S)c1ccc(C(C)(C)C)cc1. The van der Waals surface area contributed by atoms with Crippen molar-refractivity contribution in [2.45, 2.75) is 26.2 Å². The topological polar surface area (TPSA) is 9.23 Å². The van der Waals surface area contributed by atoms with Gasteiger partial charge in [-0.1, -0.05) is 45.0 Å². The molecular formula is C12H16OS. The third-order valence-corrected chi connectivity index (χ3v) is 2.57. The average molecular weight is 208 g/mol. The molecule has 1 nitrogen and oxygen atoms in total. The summed E-state index contributed by atoms with van der Waals surface area (Å²) in [5, 5.41) is 0.547. The van der Waals surface area contributed by atoms with Gasteiger partial charge in [-0.25, -0.2) is 0 Å². The fourth-order valence-corrected chi connectivity index (χ4v) is 1.36. The van der Waals surface area contributed by atoms with Gasteiger partial charge in [0.25, 0.3) is 0 Å². The molecule has 0 saturated heterocycles. The van der Waals surface area contributed by atoms with Crippen molar-refractivity contribution in [3.05, 3.63) is 35.4 Å². The predicted molar refractivity (Wildman–Crippen MR) is 63.9 cm³/mol. The molecule has 0 amide bonds. The van der Waals surface area contributed by atoms with Gasteiger partial charge in [-0.3, -0.25) is 0 Å². The number of methoxy groups -OCH3 is 1. The van der Waals surface area contributed by atoms with E-state index in [2.05, 4.69) is 32.9 Å². The van der Waals surface area contributed by atoms with E-state index in [0.717, 1.165) is 5.56 Å². The second-order valence-corrected chi connectivity index (χ2v) is 4.69. The van der Waals surface area contributed by atoms with E-state index >= 15 is 0 Å². The summed E-state index contributed by atoms with van der Waals surface area (Å²) in [5.41, 5.74) is 2.46. The summed E-state index contributed by atoms with van der Waals surface area (Å²) in [5.74, 6) is 0. The molecular weight excluding hydrogens is 192 g/mol. The van der Waals surface area contributed by atoms with Crippen LogP contribution in [0.3, 0.4) is 0 Å². The van der Waals surface area contributed by atoms with Crippen molar-refractivity contribution in [1.29, 1.82) is 0 Å². The second kappa shape index (κ2) is 4.09. The van der Waals surface area contributed by atoms with Crippen LogP contribution < -0.4 is 0 Å². The number of thiocarbonyl (C=S) groups is 1. The van der Waals surface area contributed by atoms with Crippen LogP contribution in [0.2, 0.25) is 0 Å². The first-order chi connectivity index (χ1) is 6.45. The molecule has 0 saturated carbocycles. The molecule has 0 aliphatic heterocycles. The molecule has 76 valence electrons. The minimum atomic E-state index is 0.188. The molecule has 0 atom stereocenters. The molecule has 14 heavy (non-hydrogen) atoms. The van der Waals surface area contributed by atoms with Crippen LogP contribution in [0, 0.1) is 0 Å². The van der Waals surface area contributed by atoms with Crippen LogP contribution in [-0.4, -0.2) is 12.2 Å². The Morgan fingerprint density at radius 1 is 1.14 bits per heavy atom. The molecule has 0 N–H and O–H groups in total. The van der Waals surface area contributed by atoms with Crippen LogP contribution in [0.15, 0.2) is 24.3 Å². The van der Waals surface area contributed by atoms with Crippen molar-refractivity contribution < 1.29 is 4.74 Å². The molecule has 0 unspecified atom stereocenters. The molecule has 0 radical (unpaired) electrons. The molecule has 0 aliphatic carbocycles. The zero-order chi connectivity index (χ0) is 10.8. The predicted octanol–water partition coefficient (Wildman–Crippen LogP) is 3.31. The van der Waals surface area contributed by atoms with Crippen molar-refractivity contribution in [3.8, 4) is 0 Å². The summed E-state index contributed by atoms with van der Waals surface area (Å²) in [6, 6.07) is 8.21. The smallest absolute Gasteiger partial charge is 0.190 e. The third-order valence-electron chi connectivity index (χ3n) is 2.17. The first-order valence-electron chi connectivity index (χ1n) is 4.64. The molecule has 0 fully saturated rings. The van der Waals surface area contributed by atoms with E-state index in [4.69, 9.17) is 17.0 Å². The Morgan fingerprint density at radius 3 is 2.00 bits per heavy atom. The van der Waals surface area contributed by atoms with Crippen molar-refractivity contribution in [2.75, 3.05) is 7.11 Å². The Bertz CT molecular complexity index is 319. The van der Waals surface area contributed by atoms with Crippen molar-refractivity contribution >= 4 is 17.3 Å². The number of benzene rings is 1. The Hall–Kier alpha value is -0.890. The van der Waals surface area contributed by atoms with E-state index < -0.39 is 0 Å². The van der Waals surface area contributed by atoms with Gasteiger partial charge >= 0.3 is 0 Å². The van der Waals surface area contributed by atoms with Crippen LogP contribution in [0.1, 0.15) is 31.9 Å². The van der Waals surface area contributed by atoms with E-state index in [-0.39, 0.29) is 5.41 Å². The molecule has 1 rings (SSSR count). The lowest BCUT2D eigenvalue weighted by Gasteiger charge is -2.19. The van der Waals surface area contributed by atoms with Gasteiger partial charge in [-0.05, 0) is 23.2 Å². The van der Waals surface area contributed by atoms with E-state index in [1.165, 1.54) is 5.56 Å². The highest BCUT2D eigenvalue weighted by Gasteiger charge is 2.13. The lowest BCUT2D eigenvalue weighted by Crippen LogP contribution is -2.11. The third kappa shape index (κ3) is 2.55. The van der Waals surface area contributed by atoms with Crippen LogP contribution in [0.5, 0.6) is 0 Å². The minimum Gasteiger partial charge on any atom is -0.486 e. The summed E-state index contributed by atoms with van der Waals surface area (Å²) >= 11 is 5.04. The Labute approximate surface area is 91.1 Å². The summed E-state index contributed by atoms with van der Waals surface area (Å²) in [4.78, 5) is 0. The number of ether oxygens (including phenoxy) is 1. The molecule has 2 heteroatoms. The molecule has 0 aromatic heterocycles. The molecule has 0 bridgehead atoms. The largest absolute Gasteiger partial charge is 0.486 e. The quantitative estimate of drug-likeness (QED) is 0.655. The average Bonchev–Trinajstić information content (AvgIpc) is 2.15. The van der Waals surface area contributed by atoms with E-state index in [9.17, 15) is 0 Å². The first kappa shape index (κ1) is 11.2. The zero-order valence-corrected chi connectivity index (χ0v) is 9.94. The highest BCUT2D eigenvalue weighted by molar-refractivity contribution is 7.80. The maximum absolute atomic E-state index is 5.04. The van der Waals surface area contributed by atoms with Crippen LogP contribution in [0.25, 0.3) is 0 Å². The summed E-state index contributed by atoms with van der Waals surface area (Å²) in [6.07, 6.45) is 0. The van der Waals surface area contributed by atoms with Crippen LogP contribution in [-0.2, 0) is 10.2 Å². The van der Waals surface area contributed by atoms with E-state index in [1.807, 2.05) is 12.1 Å². The maximum atomic E-state index is 5.04. The van der Waals surface area contributed by atoms with Crippen LogP contribution in [0.4, 0.5) is 0 Å². The fourth-order valence-electron chi connectivity index (χ4n) is 1.22. The van der Waals surface area contributed by atoms with Gasteiger partial charge in [-0.15, -0.1) is 0 Å². The fraction of sp³-hybridized carbons (Fsp3) is 0.417. The summed E-state index contributed by atoms with van der Waals surface area (Å²) < 4.78 is 4.99. The van der Waals surface area contributed by atoms with E-state index in [0.29, 0.717) is 5.05 Å². The number of rotatable bonds is 1. The first-order valence-corrected chi connectivity index (χ1v) is 5.05. The monoisotopic (exact) mass is 208 g/mol. The standard InChI is InChI=1S/C12H16OS/c1-12(2,3)10-7-5-9(6-8-10)11(14)13-4/h5-8H,1-4H3.